The van der Waals surface area contributed by atoms with Gasteiger partial charge in [-0.1, -0.05) is 125 Å². The Kier molecular flexibility index (Phi) is 11.5. The Morgan fingerprint density at radius 1 is 0.355 bits per heavy atom. The first-order valence-corrected chi connectivity index (χ1v) is 25.8. The molecule has 0 aliphatic rings. The van der Waals surface area contributed by atoms with Crippen molar-refractivity contribution in [2.75, 3.05) is 0 Å². The Morgan fingerprint density at radius 3 is 1.04 bits per heavy atom. The number of aromatic nitrogens is 2. The van der Waals surface area contributed by atoms with Gasteiger partial charge in [0.2, 0.25) is 0 Å². The second-order valence-electron chi connectivity index (χ2n) is 20.9. The Hall–Kier alpha value is -8.92. The number of aryl methyl sites for hydroxylation is 8. The average molecular weight is 994 g/mol. The zero-order chi connectivity index (χ0) is 52.9. The summed E-state index contributed by atoms with van der Waals surface area (Å²) in [5.74, 6) is 0. The maximum absolute atomic E-state index is 16.2. The van der Waals surface area contributed by atoms with Crippen LogP contribution in [0.1, 0.15) is 55.6 Å². The summed E-state index contributed by atoms with van der Waals surface area (Å²) in [6.07, 6.45) is -4.78. The lowest BCUT2D eigenvalue weighted by Gasteiger charge is -2.23. The number of nitriles is 1. The fraction of sp³-hybridized carbons (Fsp3) is 0.129. The van der Waals surface area contributed by atoms with Crippen LogP contribution in [0.2, 0.25) is 0 Å². The lowest BCUT2D eigenvalue weighted by atomic mass is 9.93. The van der Waals surface area contributed by atoms with Crippen molar-refractivity contribution in [2.45, 2.75) is 61.6 Å². The molecule has 6 heteroatoms. The lowest BCUT2D eigenvalue weighted by molar-refractivity contribution is -0.137. The Labute approximate surface area is 441 Å². The van der Waals surface area contributed by atoms with Gasteiger partial charge in [-0.25, -0.2) is 0 Å². The van der Waals surface area contributed by atoms with Crippen LogP contribution in [0.25, 0.3) is 111 Å². The van der Waals surface area contributed by atoms with Crippen molar-refractivity contribution in [3.05, 3.63) is 238 Å². The van der Waals surface area contributed by atoms with E-state index in [9.17, 15) is 5.26 Å². The van der Waals surface area contributed by atoms with E-state index in [1.54, 1.807) is 18.2 Å². The topological polar surface area (TPSA) is 33.6 Å². The predicted molar refractivity (Wildman–Crippen MR) is 310 cm³/mol. The van der Waals surface area contributed by atoms with Crippen molar-refractivity contribution < 1.29 is 13.2 Å². The van der Waals surface area contributed by atoms with Crippen molar-refractivity contribution >= 4 is 43.6 Å². The molecule has 12 rings (SSSR count). The molecule has 0 saturated heterocycles. The van der Waals surface area contributed by atoms with Crippen LogP contribution in [0, 0.1) is 66.7 Å². The number of benzene rings is 10. The average Bonchev–Trinajstić information content (AvgIpc) is 3.92. The number of alkyl halides is 3. The van der Waals surface area contributed by atoms with Gasteiger partial charge in [0.05, 0.1) is 50.6 Å². The largest absolute Gasteiger partial charge is 0.417 e. The number of fused-ring (bicyclic) bond motifs is 6. The predicted octanol–water partition coefficient (Wildman–Crippen LogP) is 19.6. The summed E-state index contributed by atoms with van der Waals surface area (Å²) in [6.45, 7) is 16.8. The van der Waals surface area contributed by atoms with Gasteiger partial charge in [-0.2, -0.15) is 18.4 Å². The summed E-state index contributed by atoms with van der Waals surface area (Å²) in [4.78, 5) is 0. The summed E-state index contributed by atoms with van der Waals surface area (Å²) in [5.41, 5.74) is 21.5. The third-order valence-corrected chi connectivity index (χ3v) is 15.5. The minimum absolute atomic E-state index is 0.0217. The fourth-order valence-electron chi connectivity index (χ4n) is 12.0. The first kappa shape index (κ1) is 48.0. The van der Waals surface area contributed by atoms with Gasteiger partial charge < -0.3 is 9.13 Å². The molecule has 0 aliphatic heterocycles. The van der Waals surface area contributed by atoms with Crippen molar-refractivity contribution in [3.8, 4) is 73.1 Å². The van der Waals surface area contributed by atoms with Crippen molar-refractivity contribution in [1.29, 1.82) is 5.26 Å². The number of halogens is 3. The van der Waals surface area contributed by atoms with E-state index in [-0.39, 0.29) is 16.7 Å². The molecule has 0 bridgehead atoms. The molecule has 0 N–H and O–H groups in total. The standard InChI is InChI=1S/C70H54F3N3/c1-40-12-21-53(44(5)30-40)49-17-26-63-57(35-49)58-36-50(54-22-13-41(2)31-45(54)6)18-27-64(58)75(63)67-25-16-48(39-74)34-61(67)69-62(70(71,72)73)10-9-11-68(69)76-65-28-19-51(55-23-14-42(3)32-46(55)7)37-59(65)60-38-52(20-29-66(60)76)56-24-15-43(4)33-47(56)8/h9-38H,1-8H3. The number of nitrogens with zero attached hydrogens (tertiary/aromatic N) is 3. The molecule has 0 spiro atoms. The molecular weight excluding hydrogens is 940 g/mol. The summed E-state index contributed by atoms with van der Waals surface area (Å²) < 4.78 is 52.7. The van der Waals surface area contributed by atoms with Gasteiger partial charge in [0.25, 0.3) is 0 Å². The Morgan fingerprint density at radius 2 is 0.711 bits per heavy atom. The van der Waals surface area contributed by atoms with E-state index in [0.717, 1.165) is 110 Å². The number of hydrogen-bond donors (Lipinski definition) is 0. The number of hydrogen-bond acceptors (Lipinski definition) is 1. The molecule has 12 aromatic rings. The first-order valence-electron chi connectivity index (χ1n) is 25.8. The molecular formula is C70H54F3N3. The van der Waals surface area contributed by atoms with Crippen LogP contribution < -0.4 is 0 Å². The van der Waals surface area contributed by atoms with Crippen LogP contribution in [0.5, 0.6) is 0 Å². The van der Waals surface area contributed by atoms with Crippen LogP contribution in [0.4, 0.5) is 13.2 Å². The van der Waals surface area contributed by atoms with Crippen LogP contribution in [-0.4, -0.2) is 9.13 Å². The molecule has 0 fully saturated rings. The summed E-state index contributed by atoms with van der Waals surface area (Å²) in [6, 6.07) is 63.1. The third kappa shape index (κ3) is 8.06. The molecule has 2 aromatic heterocycles. The minimum Gasteiger partial charge on any atom is -0.309 e. The normalized spacial score (nSPS) is 11.9. The van der Waals surface area contributed by atoms with Gasteiger partial charge in [0, 0.05) is 32.7 Å². The summed E-state index contributed by atoms with van der Waals surface area (Å²) in [5, 5.41) is 14.4. The van der Waals surface area contributed by atoms with Gasteiger partial charge in [-0.3, -0.25) is 0 Å². The van der Waals surface area contributed by atoms with E-state index in [4.69, 9.17) is 0 Å². The fourth-order valence-corrected chi connectivity index (χ4v) is 12.0. The Balaban J connectivity index is 1.17. The highest BCUT2D eigenvalue weighted by atomic mass is 19.4. The van der Waals surface area contributed by atoms with Gasteiger partial charge >= 0.3 is 6.18 Å². The summed E-state index contributed by atoms with van der Waals surface area (Å²) in [7, 11) is 0. The zero-order valence-corrected chi connectivity index (χ0v) is 43.8. The number of rotatable bonds is 7. The smallest absolute Gasteiger partial charge is 0.309 e. The molecule has 0 radical (unpaired) electrons. The maximum atomic E-state index is 16.2. The zero-order valence-electron chi connectivity index (χ0n) is 43.8. The van der Waals surface area contributed by atoms with Gasteiger partial charge in [0.15, 0.2) is 0 Å². The molecule has 0 amide bonds. The van der Waals surface area contributed by atoms with E-state index < -0.39 is 11.7 Å². The van der Waals surface area contributed by atoms with E-state index in [1.165, 1.54) is 34.4 Å². The molecule has 0 unspecified atom stereocenters. The van der Waals surface area contributed by atoms with Crippen LogP contribution in [0.15, 0.2) is 182 Å². The van der Waals surface area contributed by atoms with Crippen molar-refractivity contribution in [1.82, 2.24) is 9.13 Å². The third-order valence-electron chi connectivity index (χ3n) is 15.5. The van der Waals surface area contributed by atoms with Crippen molar-refractivity contribution in [3.63, 3.8) is 0 Å². The Bertz CT molecular complexity index is 4220. The maximum Gasteiger partial charge on any atom is 0.417 e. The highest BCUT2D eigenvalue weighted by Crippen LogP contribution is 2.48. The lowest BCUT2D eigenvalue weighted by Crippen LogP contribution is -2.11. The van der Waals surface area contributed by atoms with E-state index in [2.05, 4.69) is 199 Å². The second-order valence-corrected chi connectivity index (χ2v) is 20.9. The van der Waals surface area contributed by atoms with E-state index in [1.807, 2.05) is 22.8 Å². The molecule has 3 nitrogen and oxygen atoms in total. The molecule has 2 heterocycles. The van der Waals surface area contributed by atoms with Crippen LogP contribution in [-0.2, 0) is 6.18 Å². The molecule has 10 aromatic carbocycles. The van der Waals surface area contributed by atoms with Crippen LogP contribution >= 0.6 is 0 Å². The first-order chi connectivity index (χ1) is 36.5. The van der Waals surface area contributed by atoms with E-state index in [0.29, 0.717) is 11.4 Å². The monoisotopic (exact) mass is 993 g/mol. The van der Waals surface area contributed by atoms with E-state index >= 15 is 13.2 Å². The van der Waals surface area contributed by atoms with Crippen molar-refractivity contribution in [2.24, 2.45) is 0 Å². The quantitative estimate of drug-likeness (QED) is 0.157. The highest BCUT2D eigenvalue weighted by molar-refractivity contribution is 6.14. The van der Waals surface area contributed by atoms with Crippen LogP contribution in [0.3, 0.4) is 0 Å². The highest BCUT2D eigenvalue weighted by Gasteiger charge is 2.37. The van der Waals surface area contributed by atoms with Gasteiger partial charge in [-0.05, 0) is 201 Å². The second kappa shape index (κ2) is 18.2. The molecule has 76 heavy (non-hydrogen) atoms. The minimum atomic E-state index is -4.78. The molecule has 0 atom stereocenters. The molecule has 370 valence electrons. The summed E-state index contributed by atoms with van der Waals surface area (Å²) >= 11 is 0. The van der Waals surface area contributed by atoms with Gasteiger partial charge in [-0.15, -0.1) is 0 Å². The molecule has 0 saturated carbocycles. The molecule has 0 aliphatic carbocycles. The SMILES string of the molecule is Cc1ccc(-c2ccc3c(c2)c2cc(-c4ccc(C)cc4C)ccc2n3-c2ccc(C#N)cc2-c2c(-n3c4ccc(-c5ccc(C)cc5C)cc4c4cc(-c5ccc(C)cc5C)ccc43)cccc2C(F)(F)F)c(C)c1. The van der Waals surface area contributed by atoms with Gasteiger partial charge in [0.1, 0.15) is 0 Å².